The maximum Gasteiger partial charge on any atom is 0.419 e. The summed E-state index contributed by atoms with van der Waals surface area (Å²) >= 11 is 0. The molecule has 0 amide bonds. The van der Waals surface area contributed by atoms with Crippen LogP contribution >= 0.6 is 0 Å². The molecule has 0 fully saturated rings. The van der Waals surface area contributed by atoms with Gasteiger partial charge in [-0.05, 0) is 42.2 Å². The van der Waals surface area contributed by atoms with E-state index in [-0.39, 0.29) is 25.0 Å². The number of aromatic amines is 2. The first-order valence-corrected chi connectivity index (χ1v) is 13.5. The summed E-state index contributed by atoms with van der Waals surface area (Å²) in [5.74, 6) is 0.747. The van der Waals surface area contributed by atoms with Gasteiger partial charge in [-0.3, -0.25) is 5.10 Å². The lowest BCUT2D eigenvalue weighted by Crippen LogP contribution is -2.31. The summed E-state index contributed by atoms with van der Waals surface area (Å²) in [6.07, 6.45) is 5.08. The van der Waals surface area contributed by atoms with E-state index in [4.69, 9.17) is 0 Å². The molecule has 6 rings (SSSR count). The number of halogens is 4. The molecule has 0 spiro atoms. The number of benzene rings is 1. The molecule has 0 bridgehead atoms. The normalized spacial score (nSPS) is 19.9. The molecule has 0 saturated heterocycles. The summed E-state index contributed by atoms with van der Waals surface area (Å²) in [5, 5.41) is 18.5. The monoisotopic (exact) mass is 554 g/mol. The highest BCUT2D eigenvalue weighted by Gasteiger charge is 2.33. The standard InChI is InChI=1S/C29H30F4N6O/c1-15-4-3-5-18(15)16(2)10-20-22(14-40)26-19(6-8-34-26)24(25(20)30)27-21-13-39(9-7-23(21)37-38-27)28-35-11-17(12-36-28)29(31,32)33/h3-4,6,8,11-12,15-16,18,34,40H,5,7,9-10,13-14H2,1-2H3,(H,37,38)/t15?,16-,18-/m1/s1. The molecule has 1 unspecified atom stereocenters. The predicted octanol–water partition coefficient (Wildman–Crippen LogP) is 5.95. The van der Waals surface area contributed by atoms with E-state index in [1.54, 1.807) is 17.2 Å². The van der Waals surface area contributed by atoms with Crippen molar-refractivity contribution in [2.24, 2.45) is 17.8 Å². The quantitative estimate of drug-likeness (QED) is 0.202. The Balaban J connectivity index is 1.40. The number of hydrogen-bond acceptors (Lipinski definition) is 5. The van der Waals surface area contributed by atoms with Crippen LogP contribution in [-0.2, 0) is 32.2 Å². The minimum Gasteiger partial charge on any atom is -0.392 e. The van der Waals surface area contributed by atoms with Gasteiger partial charge in [0.1, 0.15) is 11.5 Å². The number of aliphatic hydroxyl groups excluding tert-OH is 1. The number of allylic oxidation sites excluding steroid dienone is 2. The van der Waals surface area contributed by atoms with E-state index in [1.165, 1.54) is 0 Å². The topological polar surface area (TPSA) is 93.7 Å². The van der Waals surface area contributed by atoms with Crippen LogP contribution in [0.4, 0.5) is 23.5 Å². The molecule has 3 aromatic heterocycles. The zero-order chi connectivity index (χ0) is 28.2. The Morgan fingerprint density at radius 1 is 1.20 bits per heavy atom. The van der Waals surface area contributed by atoms with Crippen molar-refractivity contribution in [1.82, 2.24) is 25.1 Å². The molecule has 2 aliphatic rings. The second-order valence-corrected chi connectivity index (χ2v) is 10.9. The number of H-pyrrole nitrogens is 2. The Labute approximate surface area is 228 Å². The van der Waals surface area contributed by atoms with Crippen LogP contribution in [0.15, 0.2) is 36.8 Å². The molecular formula is C29H30F4N6O. The van der Waals surface area contributed by atoms with Crippen LogP contribution in [0.3, 0.4) is 0 Å². The summed E-state index contributed by atoms with van der Waals surface area (Å²) in [7, 11) is 0. The van der Waals surface area contributed by atoms with Gasteiger partial charge in [-0.25, -0.2) is 14.4 Å². The number of hydrogen-bond donors (Lipinski definition) is 3. The molecule has 4 aromatic rings. The lowest BCUT2D eigenvalue weighted by molar-refractivity contribution is -0.138. The zero-order valence-electron chi connectivity index (χ0n) is 22.2. The van der Waals surface area contributed by atoms with E-state index in [0.717, 1.165) is 30.1 Å². The summed E-state index contributed by atoms with van der Waals surface area (Å²) in [4.78, 5) is 12.9. The van der Waals surface area contributed by atoms with Gasteiger partial charge in [0.2, 0.25) is 5.95 Å². The van der Waals surface area contributed by atoms with Gasteiger partial charge in [-0.15, -0.1) is 0 Å². The maximum absolute atomic E-state index is 16.6. The van der Waals surface area contributed by atoms with Crippen LogP contribution < -0.4 is 4.90 Å². The SMILES string of the molecule is CC1C=CC[C@H]1[C@H](C)Cc1c(F)c(-c2n[nH]c3c2CN(c2ncc(C(F)(F)F)cn2)CC3)c2cc[nH]c2c1CO. The fourth-order valence-corrected chi connectivity index (χ4v) is 6.33. The van der Waals surface area contributed by atoms with E-state index < -0.39 is 17.6 Å². The second-order valence-electron chi connectivity index (χ2n) is 10.9. The van der Waals surface area contributed by atoms with Gasteiger partial charge >= 0.3 is 6.18 Å². The van der Waals surface area contributed by atoms with E-state index in [1.807, 2.05) is 0 Å². The highest BCUT2D eigenvalue weighted by molar-refractivity contribution is 5.98. The van der Waals surface area contributed by atoms with E-state index >= 15 is 4.39 Å². The molecule has 4 heterocycles. The van der Waals surface area contributed by atoms with Crippen LogP contribution in [0.25, 0.3) is 22.2 Å². The third-order valence-electron chi connectivity index (χ3n) is 8.52. The van der Waals surface area contributed by atoms with Crippen molar-refractivity contribution in [2.75, 3.05) is 11.4 Å². The van der Waals surface area contributed by atoms with Gasteiger partial charge in [-0.1, -0.05) is 26.0 Å². The molecule has 7 nitrogen and oxygen atoms in total. The molecule has 1 aliphatic heterocycles. The van der Waals surface area contributed by atoms with Crippen molar-refractivity contribution in [3.63, 3.8) is 0 Å². The van der Waals surface area contributed by atoms with Gasteiger partial charge in [0.05, 0.1) is 17.7 Å². The molecule has 210 valence electrons. The molecule has 1 aliphatic carbocycles. The summed E-state index contributed by atoms with van der Waals surface area (Å²) in [6, 6.07) is 1.78. The number of anilines is 1. The predicted molar refractivity (Wildman–Crippen MR) is 143 cm³/mol. The Kier molecular flexibility index (Phi) is 6.64. The lowest BCUT2D eigenvalue weighted by atomic mass is 9.80. The number of aliphatic hydroxyl groups is 1. The first-order valence-electron chi connectivity index (χ1n) is 13.5. The molecule has 11 heteroatoms. The smallest absolute Gasteiger partial charge is 0.392 e. The Bertz CT molecular complexity index is 1570. The Morgan fingerprint density at radius 3 is 2.65 bits per heavy atom. The number of fused-ring (bicyclic) bond motifs is 2. The number of alkyl halides is 3. The molecule has 0 radical (unpaired) electrons. The number of nitrogens with one attached hydrogen (secondary N) is 2. The van der Waals surface area contributed by atoms with Crippen LogP contribution in [0, 0.1) is 23.6 Å². The molecule has 3 N–H and O–H groups in total. The van der Waals surface area contributed by atoms with E-state index in [0.29, 0.717) is 64.5 Å². The summed E-state index contributed by atoms with van der Waals surface area (Å²) in [6.45, 7) is 4.74. The van der Waals surface area contributed by atoms with Crippen molar-refractivity contribution in [1.29, 1.82) is 0 Å². The van der Waals surface area contributed by atoms with Crippen LogP contribution in [0.5, 0.6) is 0 Å². The number of nitrogens with zero attached hydrogens (tertiary/aromatic N) is 4. The second kappa shape index (κ2) is 10.0. The zero-order valence-corrected chi connectivity index (χ0v) is 22.2. The maximum atomic E-state index is 16.6. The van der Waals surface area contributed by atoms with Crippen LogP contribution in [0.2, 0.25) is 0 Å². The first-order chi connectivity index (χ1) is 19.2. The largest absolute Gasteiger partial charge is 0.419 e. The Morgan fingerprint density at radius 2 is 1.98 bits per heavy atom. The van der Waals surface area contributed by atoms with Crippen molar-refractivity contribution in [3.05, 3.63) is 70.6 Å². The average Bonchev–Trinajstić information content (AvgIpc) is 3.69. The van der Waals surface area contributed by atoms with Gasteiger partial charge in [-0.2, -0.15) is 18.3 Å². The van der Waals surface area contributed by atoms with E-state index in [2.05, 4.69) is 51.1 Å². The van der Waals surface area contributed by atoms with Crippen molar-refractivity contribution in [2.45, 2.75) is 52.4 Å². The molecule has 0 saturated carbocycles. The van der Waals surface area contributed by atoms with Crippen molar-refractivity contribution >= 4 is 16.9 Å². The fraction of sp³-hybridized carbons (Fsp3) is 0.414. The highest BCUT2D eigenvalue weighted by Crippen LogP contribution is 2.41. The molecular weight excluding hydrogens is 524 g/mol. The van der Waals surface area contributed by atoms with Crippen molar-refractivity contribution in [3.8, 4) is 11.3 Å². The third kappa shape index (κ3) is 4.46. The number of aromatic nitrogens is 5. The average molecular weight is 555 g/mol. The van der Waals surface area contributed by atoms with Gasteiger partial charge in [0, 0.05) is 65.9 Å². The minimum atomic E-state index is -4.52. The fourth-order valence-electron chi connectivity index (χ4n) is 6.33. The number of rotatable bonds is 6. The lowest BCUT2D eigenvalue weighted by Gasteiger charge is -2.28. The van der Waals surface area contributed by atoms with Crippen molar-refractivity contribution < 1.29 is 22.7 Å². The first kappa shape index (κ1) is 26.5. The van der Waals surface area contributed by atoms with Gasteiger partial charge < -0.3 is 15.0 Å². The highest BCUT2D eigenvalue weighted by atomic mass is 19.4. The van der Waals surface area contributed by atoms with E-state index in [9.17, 15) is 18.3 Å². The van der Waals surface area contributed by atoms with Gasteiger partial charge in [0.25, 0.3) is 0 Å². The molecule has 3 atom stereocenters. The summed E-state index contributed by atoms with van der Waals surface area (Å²) < 4.78 is 55.7. The minimum absolute atomic E-state index is 0.169. The van der Waals surface area contributed by atoms with Crippen LogP contribution in [-0.4, -0.2) is 36.8 Å². The molecule has 40 heavy (non-hydrogen) atoms. The van der Waals surface area contributed by atoms with Gasteiger partial charge in [0.15, 0.2) is 0 Å². The summed E-state index contributed by atoms with van der Waals surface area (Å²) in [5.41, 5.74) is 3.18. The molecule has 1 aromatic carbocycles. The Hall–Kier alpha value is -3.73. The van der Waals surface area contributed by atoms with Crippen LogP contribution in [0.1, 0.15) is 48.2 Å². The third-order valence-corrected chi connectivity index (χ3v) is 8.52.